The van der Waals surface area contributed by atoms with Crippen LogP contribution in [0.2, 0.25) is 0 Å². The smallest absolute Gasteiger partial charge is 0.0640 e. The highest BCUT2D eigenvalue weighted by Crippen LogP contribution is 2.49. The summed E-state index contributed by atoms with van der Waals surface area (Å²) in [6.45, 7) is 0. The zero-order chi connectivity index (χ0) is 28.3. The summed E-state index contributed by atoms with van der Waals surface area (Å²) < 4.78 is 5.26. The molecule has 0 spiro atoms. The molecule has 0 unspecified atom stereocenters. The minimum atomic E-state index is 1.17. The Morgan fingerprint density at radius 1 is 0.372 bits per heavy atom. The molecule has 0 aliphatic heterocycles. The number of rotatable bonds is 4. The lowest BCUT2D eigenvalue weighted by molar-refractivity contribution is 1.32. The van der Waals surface area contributed by atoms with Crippen molar-refractivity contribution in [1.29, 1.82) is 0 Å². The van der Waals surface area contributed by atoms with Crippen LogP contribution in [0.3, 0.4) is 0 Å². The van der Waals surface area contributed by atoms with E-state index >= 15 is 0 Å². The van der Waals surface area contributed by atoms with E-state index in [1.54, 1.807) is 0 Å². The number of benzene rings is 7. The number of thiophene rings is 2. The van der Waals surface area contributed by atoms with Crippen LogP contribution in [0.25, 0.3) is 62.2 Å². The number of anilines is 3. The molecule has 7 aromatic carbocycles. The summed E-state index contributed by atoms with van der Waals surface area (Å²) in [5.74, 6) is 0. The normalized spacial score (nSPS) is 11.7. The maximum atomic E-state index is 2.49. The van der Waals surface area contributed by atoms with Crippen LogP contribution in [-0.4, -0.2) is 0 Å². The second kappa shape index (κ2) is 9.81. The Bertz CT molecular complexity index is 2480. The van der Waals surface area contributed by atoms with Crippen molar-refractivity contribution in [1.82, 2.24) is 0 Å². The first-order valence-electron chi connectivity index (χ1n) is 14.5. The lowest BCUT2D eigenvalue weighted by Gasteiger charge is -2.29. The van der Waals surface area contributed by atoms with Gasteiger partial charge in [0.15, 0.2) is 0 Å². The Morgan fingerprint density at radius 3 is 1.84 bits per heavy atom. The molecule has 0 saturated carbocycles. The first-order valence-corrected chi connectivity index (χ1v) is 16.2. The highest BCUT2D eigenvalue weighted by Gasteiger charge is 2.22. The van der Waals surface area contributed by atoms with E-state index in [1.807, 2.05) is 22.7 Å². The topological polar surface area (TPSA) is 3.24 Å². The van der Waals surface area contributed by atoms with Gasteiger partial charge < -0.3 is 4.90 Å². The summed E-state index contributed by atoms with van der Waals surface area (Å²) in [5, 5.41) is 7.73. The summed E-state index contributed by atoms with van der Waals surface area (Å²) in [6.07, 6.45) is 0. The summed E-state index contributed by atoms with van der Waals surface area (Å²) in [6, 6.07) is 55.5. The summed E-state index contributed by atoms with van der Waals surface area (Å²) >= 11 is 3.75. The molecule has 3 heteroatoms. The molecule has 2 heterocycles. The van der Waals surface area contributed by atoms with Crippen LogP contribution < -0.4 is 4.90 Å². The fourth-order valence-corrected chi connectivity index (χ4v) is 8.86. The van der Waals surface area contributed by atoms with E-state index in [0.29, 0.717) is 0 Å². The van der Waals surface area contributed by atoms with Crippen molar-refractivity contribution in [3.8, 4) is 11.1 Å². The van der Waals surface area contributed by atoms with E-state index in [1.165, 1.54) is 79.3 Å². The van der Waals surface area contributed by atoms with Crippen molar-refractivity contribution >= 4 is 90.9 Å². The predicted octanol–water partition coefficient (Wildman–Crippen LogP) is 12.7. The highest BCUT2D eigenvalue weighted by molar-refractivity contribution is 7.26. The maximum Gasteiger partial charge on any atom is 0.0640 e. The molecule has 43 heavy (non-hydrogen) atoms. The summed E-state index contributed by atoms with van der Waals surface area (Å²) in [4.78, 5) is 2.49. The third kappa shape index (κ3) is 3.90. The third-order valence-electron chi connectivity index (χ3n) is 8.47. The van der Waals surface area contributed by atoms with Gasteiger partial charge in [-0.25, -0.2) is 0 Å². The van der Waals surface area contributed by atoms with Gasteiger partial charge in [0.2, 0.25) is 0 Å². The van der Waals surface area contributed by atoms with E-state index in [4.69, 9.17) is 0 Å². The molecule has 2 aromatic heterocycles. The quantitative estimate of drug-likeness (QED) is 0.199. The molecule has 1 nitrogen and oxygen atoms in total. The molecular formula is C40H25NS2. The van der Waals surface area contributed by atoms with Crippen LogP contribution in [0, 0.1) is 0 Å². The van der Waals surface area contributed by atoms with Crippen molar-refractivity contribution in [3.63, 3.8) is 0 Å². The molecule has 0 N–H and O–H groups in total. The third-order valence-corrected chi connectivity index (χ3v) is 10.8. The van der Waals surface area contributed by atoms with Gasteiger partial charge in [0.05, 0.1) is 21.8 Å². The van der Waals surface area contributed by atoms with Gasteiger partial charge in [-0.15, -0.1) is 22.7 Å². The first kappa shape index (κ1) is 24.6. The fourth-order valence-electron chi connectivity index (χ4n) is 6.51. The number of fused-ring (bicyclic) bond motifs is 7. The van der Waals surface area contributed by atoms with Gasteiger partial charge >= 0.3 is 0 Å². The maximum absolute atomic E-state index is 2.49. The monoisotopic (exact) mass is 583 g/mol. The standard InChI is InChI=1S/C40H25NS2/c1-2-13-28-26(11-1)12-9-19-35(28)41(36-20-10-17-33-31-16-5-8-22-38(31)43-40(33)36)34-18-6-3-14-29(34)27-23-24-32-30-15-4-7-21-37(30)42-39(32)25-27/h1-25H. The molecule has 202 valence electrons. The lowest BCUT2D eigenvalue weighted by atomic mass is 9.99. The SMILES string of the molecule is c1ccc(N(c2cccc3ccccc23)c2cccc3c2sc2ccccc23)c(-c2ccc3c(c2)sc2ccccc23)c1. The molecule has 9 rings (SSSR count). The lowest BCUT2D eigenvalue weighted by Crippen LogP contribution is -2.12. The molecule has 0 saturated heterocycles. The van der Waals surface area contributed by atoms with E-state index in [0.717, 1.165) is 0 Å². The molecule has 0 atom stereocenters. The average Bonchev–Trinajstić information content (AvgIpc) is 3.64. The number of nitrogens with zero attached hydrogens (tertiary/aromatic N) is 1. The molecule has 9 aromatic rings. The van der Waals surface area contributed by atoms with E-state index in [9.17, 15) is 0 Å². The minimum Gasteiger partial charge on any atom is -0.308 e. The van der Waals surface area contributed by atoms with Gasteiger partial charge in [0, 0.05) is 46.6 Å². The molecule has 0 aliphatic carbocycles. The zero-order valence-electron chi connectivity index (χ0n) is 23.2. The van der Waals surface area contributed by atoms with Crippen LogP contribution >= 0.6 is 22.7 Å². The molecule has 0 fully saturated rings. The van der Waals surface area contributed by atoms with Crippen LogP contribution in [-0.2, 0) is 0 Å². The van der Waals surface area contributed by atoms with E-state index in [2.05, 4.69) is 157 Å². The molecule has 0 aliphatic rings. The largest absolute Gasteiger partial charge is 0.308 e. The highest BCUT2D eigenvalue weighted by atomic mass is 32.1. The average molecular weight is 584 g/mol. The zero-order valence-corrected chi connectivity index (χ0v) is 24.8. The van der Waals surface area contributed by atoms with Gasteiger partial charge in [0.1, 0.15) is 0 Å². The van der Waals surface area contributed by atoms with Crippen LogP contribution in [0.15, 0.2) is 152 Å². The Morgan fingerprint density at radius 2 is 0.953 bits per heavy atom. The number of hydrogen-bond donors (Lipinski definition) is 0. The first-order chi connectivity index (χ1) is 21.3. The van der Waals surface area contributed by atoms with Crippen molar-refractivity contribution in [2.24, 2.45) is 0 Å². The van der Waals surface area contributed by atoms with Crippen molar-refractivity contribution in [2.45, 2.75) is 0 Å². The Labute approximate surface area is 257 Å². The van der Waals surface area contributed by atoms with Crippen LogP contribution in [0.5, 0.6) is 0 Å². The predicted molar refractivity (Wildman–Crippen MR) is 190 cm³/mol. The van der Waals surface area contributed by atoms with Crippen molar-refractivity contribution < 1.29 is 0 Å². The Balaban J connectivity index is 1.34. The van der Waals surface area contributed by atoms with Crippen LogP contribution in [0.4, 0.5) is 17.1 Å². The molecule has 0 amide bonds. The van der Waals surface area contributed by atoms with Crippen molar-refractivity contribution in [3.05, 3.63) is 152 Å². The van der Waals surface area contributed by atoms with Crippen LogP contribution in [0.1, 0.15) is 0 Å². The van der Waals surface area contributed by atoms with E-state index < -0.39 is 0 Å². The number of para-hydroxylation sites is 1. The minimum absolute atomic E-state index is 1.17. The summed E-state index contributed by atoms with van der Waals surface area (Å²) in [7, 11) is 0. The Hall–Kier alpha value is -4.96. The van der Waals surface area contributed by atoms with E-state index in [-0.39, 0.29) is 0 Å². The van der Waals surface area contributed by atoms with Crippen molar-refractivity contribution in [2.75, 3.05) is 4.90 Å². The van der Waals surface area contributed by atoms with Gasteiger partial charge in [-0.2, -0.15) is 0 Å². The van der Waals surface area contributed by atoms with Gasteiger partial charge in [-0.1, -0.05) is 115 Å². The second-order valence-electron chi connectivity index (χ2n) is 10.9. The number of hydrogen-bond acceptors (Lipinski definition) is 3. The summed E-state index contributed by atoms with van der Waals surface area (Å²) in [5.41, 5.74) is 5.99. The molecular weight excluding hydrogens is 559 g/mol. The molecule has 0 radical (unpaired) electrons. The van der Waals surface area contributed by atoms with Gasteiger partial charge in [-0.3, -0.25) is 0 Å². The second-order valence-corrected chi connectivity index (χ2v) is 13.0. The molecule has 0 bridgehead atoms. The Kier molecular flexibility index (Phi) is 5.62. The fraction of sp³-hybridized carbons (Fsp3) is 0. The van der Waals surface area contributed by atoms with Gasteiger partial charge in [-0.05, 0) is 47.3 Å². The van der Waals surface area contributed by atoms with Gasteiger partial charge in [0.25, 0.3) is 0 Å².